The average molecular weight is 497 g/mol. The van der Waals surface area contributed by atoms with E-state index in [1.807, 2.05) is 19.1 Å². The summed E-state index contributed by atoms with van der Waals surface area (Å²) in [5, 5.41) is 2.93. The van der Waals surface area contributed by atoms with Crippen LogP contribution in [-0.4, -0.2) is 41.2 Å². The van der Waals surface area contributed by atoms with Crippen molar-refractivity contribution in [3.8, 4) is 17.2 Å². The Balaban J connectivity index is 1.55. The minimum absolute atomic E-state index is 0.128. The van der Waals surface area contributed by atoms with E-state index in [0.29, 0.717) is 28.5 Å². The van der Waals surface area contributed by atoms with E-state index in [4.69, 9.17) is 14.2 Å². The molecule has 1 heterocycles. The molecule has 1 aliphatic heterocycles. The molecule has 0 spiro atoms. The minimum Gasteiger partial charge on any atom is -0.493 e. The second kappa shape index (κ2) is 10.3. The summed E-state index contributed by atoms with van der Waals surface area (Å²) < 4.78 is 44.6. The lowest BCUT2D eigenvalue weighted by Crippen LogP contribution is -2.51. The molecule has 0 bridgehead atoms. The third kappa shape index (κ3) is 5.35. The lowest BCUT2D eigenvalue weighted by Gasteiger charge is -2.35. The first kappa shape index (κ1) is 24.4. The molecule has 3 aromatic carbocycles. The third-order valence-corrected chi connectivity index (χ3v) is 7.54. The zero-order chi connectivity index (χ0) is 25.0. The molecule has 35 heavy (non-hydrogen) atoms. The van der Waals surface area contributed by atoms with Crippen molar-refractivity contribution in [3.05, 3.63) is 83.9 Å². The molecule has 8 nitrogen and oxygen atoms in total. The summed E-state index contributed by atoms with van der Waals surface area (Å²) in [5.41, 5.74) is 1.89. The van der Waals surface area contributed by atoms with Gasteiger partial charge < -0.3 is 19.5 Å². The van der Waals surface area contributed by atoms with Crippen LogP contribution in [0.2, 0.25) is 0 Å². The Morgan fingerprint density at radius 3 is 2.43 bits per heavy atom. The second-order valence-corrected chi connectivity index (χ2v) is 10.1. The normalized spacial score (nSPS) is 16.0. The number of amides is 1. The fraction of sp³-hybridized carbons (Fsp3) is 0.269. The van der Waals surface area contributed by atoms with Crippen LogP contribution in [0.1, 0.15) is 24.1 Å². The van der Waals surface area contributed by atoms with E-state index >= 15 is 0 Å². The number of nitrogens with zero attached hydrogens (tertiary/aromatic N) is 1. The van der Waals surface area contributed by atoms with Crippen LogP contribution in [0.25, 0.3) is 0 Å². The van der Waals surface area contributed by atoms with Crippen molar-refractivity contribution in [1.82, 2.24) is 5.32 Å². The van der Waals surface area contributed by atoms with Gasteiger partial charge in [-0.2, -0.15) is 0 Å². The monoisotopic (exact) mass is 496 g/mol. The number of fused-ring (bicyclic) bond motifs is 1. The van der Waals surface area contributed by atoms with Crippen LogP contribution in [-0.2, 0) is 20.6 Å². The number of anilines is 1. The lowest BCUT2D eigenvalue weighted by molar-refractivity contribution is -0.128. The quantitative estimate of drug-likeness (QED) is 0.511. The van der Waals surface area contributed by atoms with Crippen LogP contribution in [0, 0.1) is 0 Å². The number of para-hydroxylation sites is 2. The highest BCUT2D eigenvalue weighted by Crippen LogP contribution is 2.36. The fourth-order valence-corrected chi connectivity index (χ4v) is 5.56. The smallest absolute Gasteiger partial charge is 0.263 e. The molecule has 0 fully saturated rings. The third-order valence-electron chi connectivity index (χ3n) is 5.82. The summed E-state index contributed by atoms with van der Waals surface area (Å²) in [6.45, 7) is 1.70. The van der Waals surface area contributed by atoms with Crippen LogP contribution < -0.4 is 23.8 Å². The van der Waals surface area contributed by atoms with E-state index in [-0.39, 0.29) is 18.3 Å². The predicted molar refractivity (Wildman–Crippen MR) is 133 cm³/mol. The molecule has 1 aliphatic rings. The standard InChI is InChI=1S/C26H28N2O6S/c1-18(20-13-14-23(32-2)24(15-20)33-3)27-26(29)25-16-28(21-11-7-8-12-22(21)34-25)35(30,31)17-19-9-5-4-6-10-19/h4-15,18,25H,16-17H2,1-3H3,(H,27,29)/t18-,25+/m0/s1. The highest BCUT2D eigenvalue weighted by atomic mass is 32.2. The van der Waals surface area contributed by atoms with E-state index in [1.165, 1.54) is 4.31 Å². The van der Waals surface area contributed by atoms with Gasteiger partial charge in [-0.15, -0.1) is 0 Å². The molecule has 1 amide bonds. The number of carbonyl (C=O) groups is 1. The zero-order valence-electron chi connectivity index (χ0n) is 19.8. The largest absolute Gasteiger partial charge is 0.493 e. The van der Waals surface area contributed by atoms with Crippen LogP contribution >= 0.6 is 0 Å². The van der Waals surface area contributed by atoms with E-state index < -0.39 is 22.0 Å². The van der Waals surface area contributed by atoms with Gasteiger partial charge in [0, 0.05) is 0 Å². The number of ether oxygens (including phenoxy) is 3. The minimum atomic E-state index is -3.77. The molecular formula is C26H28N2O6S. The first-order valence-corrected chi connectivity index (χ1v) is 12.8. The number of rotatable bonds is 8. The van der Waals surface area contributed by atoms with Gasteiger partial charge in [0.2, 0.25) is 10.0 Å². The van der Waals surface area contributed by atoms with Gasteiger partial charge in [0.25, 0.3) is 5.91 Å². The fourth-order valence-electron chi connectivity index (χ4n) is 3.98. The predicted octanol–water partition coefficient (Wildman–Crippen LogP) is 3.68. The van der Waals surface area contributed by atoms with Crippen molar-refractivity contribution >= 4 is 21.6 Å². The molecule has 0 unspecified atom stereocenters. The molecule has 0 radical (unpaired) electrons. The average Bonchev–Trinajstić information content (AvgIpc) is 2.87. The highest BCUT2D eigenvalue weighted by molar-refractivity contribution is 7.92. The van der Waals surface area contributed by atoms with Gasteiger partial charge in [0.1, 0.15) is 5.75 Å². The molecule has 0 aromatic heterocycles. The molecular weight excluding hydrogens is 468 g/mol. The van der Waals surface area contributed by atoms with E-state index in [1.54, 1.807) is 74.9 Å². The molecule has 184 valence electrons. The van der Waals surface area contributed by atoms with Crippen molar-refractivity contribution in [1.29, 1.82) is 0 Å². The zero-order valence-corrected chi connectivity index (χ0v) is 20.6. The molecule has 0 saturated heterocycles. The second-order valence-electron chi connectivity index (χ2n) is 8.19. The summed E-state index contributed by atoms with van der Waals surface area (Å²) in [7, 11) is -0.672. The Morgan fingerprint density at radius 2 is 1.71 bits per heavy atom. The van der Waals surface area contributed by atoms with Crippen molar-refractivity contribution < 1.29 is 27.4 Å². The summed E-state index contributed by atoms with van der Waals surface area (Å²) >= 11 is 0. The van der Waals surface area contributed by atoms with Gasteiger partial charge in [0.15, 0.2) is 17.6 Å². The molecule has 0 aliphatic carbocycles. The highest BCUT2D eigenvalue weighted by Gasteiger charge is 2.37. The van der Waals surface area contributed by atoms with Gasteiger partial charge in [-0.25, -0.2) is 8.42 Å². The molecule has 3 aromatic rings. The molecule has 1 N–H and O–H groups in total. The Bertz CT molecular complexity index is 1300. The number of hydrogen-bond acceptors (Lipinski definition) is 6. The number of benzene rings is 3. The Morgan fingerprint density at radius 1 is 1.03 bits per heavy atom. The maximum atomic E-state index is 13.4. The van der Waals surface area contributed by atoms with Crippen LogP contribution in [0.3, 0.4) is 0 Å². The molecule has 2 atom stereocenters. The van der Waals surface area contributed by atoms with Gasteiger partial charge >= 0.3 is 0 Å². The van der Waals surface area contributed by atoms with Crippen molar-refractivity contribution in [2.75, 3.05) is 25.1 Å². The van der Waals surface area contributed by atoms with Crippen LogP contribution in [0.4, 0.5) is 5.69 Å². The van der Waals surface area contributed by atoms with Gasteiger partial charge in [0.05, 0.1) is 38.2 Å². The first-order chi connectivity index (χ1) is 16.8. The summed E-state index contributed by atoms with van der Waals surface area (Å²) in [6, 6.07) is 20.8. The molecule has 4 rings (SSSR count). The van der Waals surface area contributed by atoms with Gasteiger partial charge in [-0.05, 0) is 42.3 Å². The maximum Gasteiger partial charge on any atom is 0.263 e. The van der Waals surface area contributed by atoms with E-state index in [0.717, 1.165) is 5.56 Å². The summed E-state index contributed by atoms with van der Waals surface area (Å²) in [6.07, 6.45) is -1.02. The number of methoxy groups -OCH3 is 2. The number of sulfonamides is 1. The van der Waals surface area contributed by atoms with Crippen LogP contribution in [0.5, 0.6) is 17.2 Å². The van der Waals surface area contributed by atoms with Gasteiger partial charge in [-0.1, -0.05) is 48.5 Å². The maximum absolute atomic E-state index is 13.4. The van der Waals surface area contributed by atoms with Crippen molar-refractivity contribution in [3.63, 3.8) is 0 Å². The van der Waals surface area contributed by atoms with Crippen molar-refractivity contribution in [2.24, 2.45) is 0 Å². The van der Waals surface area contributed by atoms with Gasteiger partial charge in [-0.3, -0.25) is 9.10 Å². The van der Waals surface area contributed by atoms with Crippen LogP contribution in [0.15, 0.2) is 72.8 Å². The van der Waals surface area contributed by atoms with E-state index in [2.05, 4.69) is 5.32 Å². The number of carbonyl (C=O) groups excluding carboxylic acids is 1. The lowest BCUT2D eigenvalue weighted by atomic mass is 10.1. The number of hydrogen-bond donors (Lipinski definition) is 1. The number of nitrogens with one attached hydrogen (secondary N) is 1. The Kier molecular flexibility index (Phi) is 7.16. The van der Waals surface area contributed by atoms with Crippen molar-refractivity contribution in [2.45, 2.75) is 24.8 Å². The van der Waals surface area contributed by atoms with E-state index in [9.17, 15) is 13.2 Å². The Hall–Kier alpha value is -3.72. The first-order valence-electron chi connectivity index (χ1n) is 11.1. The SMILES string of the molecule is COc1ccc([C@H](C)NC(=O)[C@H]2CN(S(=O)(=O)Cc3ccccc3)c3ccccc3O2)cc1OC. The topological polar surface area (TPSA) is 94.2 Å². The summed E-state index contributed by atoms with van der Waals surface area (Å²) in [5.74, 6) is 0.878. The Labute approximate surface area is 205 Å². The summed E-state index contributed by atoms with van der Waals surface area (Å²) in [4.78, 5) is 13.2. The molecule has 0 saturated carbocycles. The molecule has 9 heteroatoms.